The van der Waals surface area contributed by atoms with Crippen molar-refractivity contribution >= 4 is 29.5 Å². The third kappa shape index (κ3) is 7.00. The fraction of sp³-hybridized carbons (Fsp3) is 0.615. The van der Waals surface area contributed by atoms with E-state index in [2.05, 4.69) is 11.2 Å². The molecule has 1 heterocycles. The van der Waals surface area contributed by atoms with Crippen molar-refractivity contribution in [3.63, 3.8) is 0 Å². The number of carbonyl (C=O) groups is 1. The van der Waals surface area contributed by atoms with E-state index in [1.165, 1.54) is 24.7 Å². The maximum Gasteiger partial charge on any atom is 0.313 e. The van der Waals surface area contributed by atoms with Crippen molar-refractivity contribution in [1.29, 1.82) is 0 Å². The van der Waals surface area contributed by atoms with E-state index in [9.17, 15) is 9.59 Å². The van der Waals surface area contributed by atoms with E-state index in [4.69, 9.17) is 5.11 Å². The maximum atomic E-state index is 11.2. The maximum absolute atomic E-state index is 11.2. The molecule has 0 fully saturated rings. The number of carboxylic acid groups (broad SMARTS) is 1. The Labute approximate surface area is 127 Å². The molecule has 1 aromatic heterocycles. The molecule has 1 rings (SSSR count). The van der Waals surface area contributed by atoms with Gasteiger partial charge in [0.2, 0.25) is 0 Å². The normalized spacial score (nSPS) is 10.7. The van der Waals surface area contributed by atoms with Gasteiger partial charge in [-0.05, 0) is 24.9 Å². The van der Waals surface area contributed by atoms with Crippen molar-refractivity contribution in [3.05, 3.63) is 22.6 Å². The van der Waals surface area contributed by atoms with Gasteiger partial charge in [-0.25, -0.2) is 0 Å². The Morgan fingerprint density at radius 2 is 2.10 bits per heavy atom. The molecule has 0 saturated carbocycles. The van der Waals surface area contributed by atoms with Crippen LogP contribution in [0.2, 0.25) is 0 Å². The number of carboxylic acids is 1. The van der Waals surface area contributed by atoms with Crippen LogP contribution >= 0.6 is 23.5 Å². The van der Waals surface area contributed by atoms with Gasteiger partial charge in [-0.1, -0.05) is 24.6 Å². The lowest BCUT2D eigenvalue weighted by Crippen LogP contribution is -2.14. The van der Waals surface area contributed by atoms with E-state index < -0.39 is 5.97 Å². The summed E-state index contributed by atoms with van der Waals surface area (Å²) in [7, 11) is 0. The highest BCUT2D eigenvalue weighted by Gasteiger charge is 2.06. The Balaban J connectivity index is 2.47. The van der Waals surface area contributed by atoms with E-state index in [0.29, 0.717) is 5.16 Å². The van der Waals surface area contributed by atoms with Gasteiger partial charge in [-0.2, -0.15) is 16.7 Å². The molecule has 0 aliphatic rings. The Kier molecular flexibility index (Phi) is 8.45. The molecule has 0 spiro atoms. The van der Waals surface area contributed by atoms with Crippen LogP contribution in [0.4, 0.5) is 0 Å². The molecule has 7 heteroatoms. The summed E-state index contributed by atoms with van der Waals surface area (Å²) in [4.78, 5) is 25.7. The number of hydrogen-bond acceptors (Lipinski definition) is 5. The zero-order valence-electron chi connectivity index (χ0n) is 11.6. The van der Waals surface area contributed by atoms with Gasteiger partial charge >= 0.3 is 5.97 Å². The first-order valence-corrected chi connectivity index (χ1v) is 8.92. The minimum Gasteiger partial charge on any atom is -0.481 e. The molecule has 5 nitrogen and oxygen atoms in total. The second kappa shape index (κ2) is 9.88. The molecule has 20 heavy (non-hydrogen) atoms. The Bertz CT molecular complexity index is 477. The topological polar surface area (TPSA) is 72.2 Å². The number of nitrogens with zero attached hydrogens (tertiary/aromatic N) is 2. The molecule has 0 unspecified atom stereocenters. The molecular formula is C13H20N2O3S2. The summed E-state index contributed by atoms with van der Waals surface area (Å²) in [5, 5.41) is 9.18. The van der Waals surface area contributed by atoms with Crippen LogP contribution in [0.3, 0.4) is 0 Å². The lowest BCUT2D eigenvalue weighted by atomic mass is 10.2. The van der Waals surface area contributed by atoms with Gasteiger partial charge < -0.3 is 9.67 Å². The number of aliphatic carboxylic acids is 1. The first kappa shape index (κ1) is 17.1. The van der Waals surface area contributed by atoms with Crippen molar-refractivity contribution in [2.45, 2.75) is 37.4 Å². The Morgan fingerprint density at radius 1 is 1.35 bits per heavy atom. The van der Waals surface area contributed by atoms with Crippen LogP contribution in [-0.4, -0.2) is 38.4 Å². The molecule has 0 amide bonds. The van der Waals surface area contributed by atoms with Crippen LogP contribution in [0.1, 0.15) is 25.7 Å². The van der Waals surface area contributed by atoms with Crippen LogP contribution < -0.4 is 5.56 Å². The van der Waals surface area contributed by atoms with Crippen LogP contribution in [0.25, 0.3) is 0 Å². The summed E-state index contributed by atoms with van der Waals surface area (Å²) >= 11 is 2.95. The van der Waals surface area contributed by atoms with E-state index in [-0.39, 0.29) is 11.3 Å². The fourth-order valence-electron chi connectivity index (χ4n) is 1.71. The van der Waals surface area contributed by atoms with Gasteiger partial charge in [0, 0.05) is 18.8 Å². The van der Waals surface area contributed by atoms with Crippen molar-refractivity contribution in [2.24, 2.45) is 0 Å². The van der Waals surface area contributed by atoms with Crippen LogP contribution in [0.15, 0.2) is 22.2 Å². The first-order chi connectivity index (χ1) is 9.63. The predicted molar refractivity (Wildman–Crippen MR) is 83.7 cm³/mol. The van der Waals surface area contributed by atoms with Crippen molar-refractivity contribution in [2.75, 3.05) is 17.8 Å². The summed E-state index contributed by atoms with van der Waals surface area (Å²) in [5.74, 6) is 0.209. The lowest BCUT2D eigenvalue weighted by molar-refractivity contribution is -0.133. The number of hydrogen-bond donors (Lipinski definition) is 1. The van der Waals surface area contributed by atoms with Crippen LogP contribution in [0.5, 0.6) is 0 Å². The highest BCUT2D eigenvalue weighted by molar-refractivity contribution is 7.99. The summed E-state index contributed by atoms with van der Waals surface area (Å²) in [6.45, 7) is 0.772. The standard InChI is InChI=1S/C13H20N2O3S2/c1-19-9-5-3-2-4-7-15-8-6-11(16)14-13(15)20-10-12(17)18/h6,8H,2-5,7,9-10H2,1H3,(H,17,18). The average molecular weight is 316 g/mol. The smallest absolute Gasteiger partial charge is 0.313 e. The molecule has 0 aliphatic heterocycles. The highest BCUT2D eigenvalue weighted by Crippen LogP contribution is 2.14. The van der Waals surface area contributed by atoms with Gasteiger partial charge in [-0.15, -0.1) is 0 Å². The van der Waals surface area contributed by atoms with E-state index >= 15 is 0 Å². The molecule has 0 aliphatic carbocycles. The molecule has 1 aromatic rings. The van der Waals surface area contributed by atoms with Gasteiger partial charge in [0.15, 0.2) is 5.16 Å². The molecule has 0 atom stereocenters. The quantitative estimate of drug-likeness (QED) is 0.406. The zero-order valence-corrected chi connectivity index (χ0v) is 13.2. The first-order valence-electron chi connectivity index (χ1n) is 6.54. The van der Waals surface area contributed by atoms with E-state index in [1.54, 1.807) is 6.20 Å². The minimum atomic E-state index is -0.906. The van der Waals surface area contributed by atoms with E-state index in [1.807, 2.05) is 16.3 Å². The van der Waals surface area contributed by atoms with Crippen molar-refractivity contribution in [3.8, 4) is 0 Å². The second-order valence-corrected chi connectivity index (χ2v) is 6.26. The number of rotatable bonds is 10. The van der Waals surface area contributed by atoms with Gasteiger partial charge in [-0.3, -0.25) is 9.59 Å². The largest absolute Gasteiger partial charge is 0.481 e. The second-order valence-electron chi connectivity index (χ2n) is 4.33. The van der Waals surface area contributed by atoms with Crippen molar-refractivity contribution in [1.82, 2.24) is 9.55 Å². The monoisotopic (exact) mass is 316 g/mol. The number of thioether (sulfide) groups is 2. The molecular weight excluding hydrogens is 296 g/mol. The van der Waals surface area contributed by atoms with Gasteiger partial charge in [0.1, 0.15) is 0 Å². The molecule has 1 N–H and O–H groups in total. The minimum absolute atomic E-state index is 0.0792. The van der Waals surface area contributed by atoms with Crippen molar-refractivity contribution < 1.29 is 9.90 Å². The number of aromatic nitrogens is 2. The third-order valence-electron chi connectivity index (χ3n) is 2.67. The number of aryl methyl sites for hydroxylation is 1. The van der Waals surface area contributed by atoms with E-state index in [0.717, 1.165) is 31.1 Å². The molecule has 0 radical (unpaired) electrons. The van der Waals surface area contributed by atoms with Gasteiger partial charge in [0.25, 0.3) is 5.56 Å². The molecule has 0 aromatic carbocycles. The van der Waals surface area contributed by atoms with Crippen LogP contribution in [0, 0.1) is 0 Å². The average Bonchev–Trinajstić information content (AvgIpc) is 2.42. The Hall–Kier alpha value is -0.950. The lowest BCUT2D eigenvalue weighted by Gasteiger charge is -2.10. The molecule has 0 bridgehead atoms. The highest BCUT2D eigenvalue weighted by atomic mass is 32.2. The van der Waals surface area contributed by atoms with Crippen LogP contribution in [-0.2, 0) is 11.3 Å². The summed E-state index contributed by atoms with van der Waals surface area (Å²) in [5.41, 5.74) is -0.325. The van der Waals surface area contributed by atoms with Gasteiger partial charge in [0.05, 0.1) is 5.75 Å². The summed E-state index contributed by atoms with van der Waals surface area (Å²) in [6.07, 6.45) is 8.38. The third-order valence-corrected chi connectivity index (χ3v) is 4.34. The Morgan fingerprint density at radius 3 is 2.80 bits per heavy atom. The number of unbranched alkanes of at least 4 members (excludes halogenated alkanes) is 3. The fourth-order valence-corrected chi connectivity index (χ4v) is 2.92. The zero-order chi connectivity index (χ0) is 14.8. The summed E-state index contributed by atoms with van der Waals surface area (Å²) in [6, 6.07) is 1.42. The molecule has 112 valence electrons. The summed E-state index contributed by atoms with van der Waals surface area (Å²) < 4.78 is 1.86. The SMILES string of the molecule is CSCCCCCCn1ccc(=O)nc1SCC(=O)O. The predicted octanol–water partition coefficient (Wildman–Crippen LogP) is 2.34. The molecule has 0 saturated heterocycles.